The molecule has 1 atom stereocenters. The van der Waals surface area contributed by atoms with Gasteiger partial charge in [-0.05, 0) is 107 Å². The van der Waals surface area contributed by atoms with Crippen LogP contribution in [0.5, 0.6) is 11.5 Å². The molecule has 8 rings (SSSR count). The first-order valence-corrected chi connectivity index (χ1v) is 21.0. The molecule has 1 unspecified atom stereocenters. The van der Waals surface area contributed by atoms with Crippen LogP contribution in [0.3, 0.4) is 0 Å². The van der Waals surface area contributed by atoms with Crippen molar-refractivity contribution in [1.82, 2.24) is 0 Å². The number of hydrogen-bond donors (Lipinski definition) is 0. The molecule has 0 aliphatic heterocycles. The first kappa shape index (κ1) is 40.8. The highest BCUT2D eigenvalue weighted by molar-refractivity contribution is 5.75. The van der Waals surface area contributed by atoms with Gasteiger partial charge in [0.1, 0.15) is 17.1 Å². The van der Waals surface area contributed by atoms with Crippen molar-refractivity contribution in [3.05, 3.63) is 165 Å². The summed E-state index contributed by atoms with van der Waals surface area (Å²) in [7, 11) is 0. The zero-order valence-corrected chi connectivity index (χ0v) is 35.8. The van der Waals surface area contributed by atoms with Crippen molar-refractivity contribution < 1.29 is 28.5 Å². The average molecular weight is 779 g/mol. The topological polar surface area (TPSA) is 71.1 Å². The Morgan fingerprint density at radius 1 is 0.586 bits per heavy atom. The molecule has 6 nitrogen and oxygen atoms in total. The highest BCUT2D eigenvalue weighted by Crippen LogP contribution is 2.60. The lowest BCUT2D eigenvalue weighted by molar-refractivity contribution is -0.0394. The molecule has 5 aromatic rings. The van der Waals surface area contributed by atoms with Crippen LogP contribution in [0.2, 0.25) is 0 Å². The number of hydrogen-bond acceptors (Lipinski definition) is 6. The Balaban J connectivity index is 1.21. The Bertz CT molecular complexity index is 2240. The van der Waals surface area contributed by atoms with E-state index in [1.54, 1.807) is 0 Å². The maximum absolute atomic E-state index is 13.9. The molecule has 0 heterocycles. The lowest BCUT2D eigenvalue weighted by Crippen LogP contribution is -2.42. The summed E-state index contributed by atoms with van der Waals surface area (Å²) < 4.78 is 24.0. The molecule has 0 saturated carbocycles. The van der Waals surface area contributed by atoms with Gasteiger partial charge < -0.3 is 18.9 Å². The molecule has 0 N–H and O–H groups in total. The largest absolute Gasteiger partial charge is 0.514 e. The van der Waals surface area contributed by atoms with Gasteiger partial charge >= 0.3 is 12.3 Å². The van der Waals surface area contributed by atoms with Crippen LogP contribution in [-0.2, 0) is 20.3 Å². The van der Waals surface area contributed by atoms with E-state index in [-0.39, 0.29) is 34.7 Å². The lowest BCUT2D eigenvalue weighted by atomic mass is 9.58. The Kier molecular flexibility index (Phi) is 11.1. The van der Waals surface area contributed by atoms with Crippen molar-refractivity contribution in [1.29, 1.82) is 0 Å². The monoisotopic (exact) mass is 778 g/mol. The van der Waals surface area contributed by atoms with Gasteiger partial charge in [0, 0.05) is 28.7 Å². The predicted octanol–water partition coefficient (Wildman–Crippen LogP) is 13.5. The van der Waals surface area contributed by atoms with Crippen molar-refractivity contribution in [2.75, 3.05) is 0 Å². The average Bonchev–Trinajstić information content (AvgIpc) is 3.20. The molecule has 0 amide bonds. The second-order valence-corrected chi connectivity index (χ2v) is 17.8. The summed E-state index contributed by atoms with van der Waals surface area (Å²) in [5, 5.41) is 0. The Hall–Kier alpha value is -5.36. The summed E-state index contributed by atoms with van der Waals surface area (Å²) in [6.45, 7) is 21.0. The van der Waals surface area contributed by atoms with E-state index < -0.39 is 17.9 Å². The quantitative estimate of drug-likeness (QED) is 0.0962. The van der Waals surface area contributed by atoms with Gasteiger partial charge in [-0.15, -0.1) is 0 Å². The Morgan fingerprint density at radius 2 is 1.07 bits per heavy atom. The van der Waals surface area contributed by atoms with Crippen LogP contribution in [0.25, 0.3) is 0 Å². The molecule has 5 aromatic carbocycles. The molecule has 3 aliphatic carbocycles. The van der Waals surface area contributed by atoms with Gasteiger partial charge in [0.15, 0.2) is 0 Å². The third-order valence-corrected chi connectivity index (χ3v) is 12.8. The normalized spacial score (nSPS) is 16.2. The number of carbonyl (C=O) groups is 2. The summed E-state index contributed by atoms with van der Waals surface area (Å²) in [5.74, 6) is 0.488. The Morgan fingerprint density at radius 3 is 1.53 bits per heavy atom. The molecular weight excluding hydrogens is 721 g/mol. The minimum Gasteiger partial charge on any atom is -0.431 e. The molecule has 58 heavy (non-hydrogen) atoms. The molecule has 0 spiro atoms. The molecule has 0 saturated heterocycles. The van der Waals surface area contributed by atoms with Crippen LogP contribution >= 0.6 is 0 Å². The minimum atomic E-state index is -0.880. The van der Waals surface area contributed by atoms with Gasteiger partial charge in [0.25, 0.3) is 0 Å². The zero-order valence-electron chi connectivity index (χ0n) is 35.8. The van der Waals surface area contributed by atoms with Crippen LogP contribution < -0.4 is 9.47 Å². The van der Waals surface area contributed by atoms with E-state index in [1.807, 2.05) is 44.2 Å². The second kappa shape index (κ2) is 15.8. The predicted molar refractivity (Wildman–Crippen MR) is 231 cm³/mol. The van der Waals surface area contributed by atoms with Crippen molar-refractivity contribution in [2.45, 2.75) is 129 Å². The third-order valence-electron chi connectivity index (χ3n) is 12.8. The maximum atomic E-state index is 13.9. The lowest BCUT2D eigenvalue weighted by Gasteiger charge is -2.46. The minimum absolute atomic E-state index is 0.0854. The van der Waals surface area contributed by atoms with E-state index >= 15 is 0 Å². The highest BCUT2D eigenvalue weighted by atomic mass is 16.7. The molecule has 6 heteroatoms. The van der Waals surface area contributed by atoms with Gasteiger partial charge in [-0.2, -0.15) is 0 Å². The van der Waals surface area contributed by atoms with Crippen LogP contribution in [-0.4, -0.2) is 24.0 Å². The van der Waals surface area contributed by atoms with E-state index in [0.29, 0.717) is 30.8 Å². The smallest absolute Gasteiger partial charge is 0.431 e. The van der Waals surface area contributed by atoms with E-state index in [9.17, 15) is 9.59 Å². The van der Waals surface area contributed by atoms with Crippen LogP contribution in [0.4, 0.5) is 9.59 Å². The van der Waals surface area contributed by atoms with E-state index in [4.69, 9.17) is 18.9 Å². The number of rotatable bonds is 11. The fourth-order valence-corrected chi connectivity index (χ4v) is 9.59. The second-order valence-electron chi connectivity index (χ2n) is 17.8. The maximum Gasteiger partial charge on any atom is 0.514 e. The fourth-order valence-electron chi connectivity index (χ4n) is 9.59. The molecule has 2 bridgehead atoms. The van der Waals surface area contributed by atoms with E-state index in [0.717, 1.165) is 22.3 Å². The molecule has 0 fully saturated rings. The van der Waals surface area contributed by atoms with Crippen molar-refractivity contribution in [3.63, 3.8) is 0 Å². The molecular formula is C52H58O6. The highest BCUT2D eigenvalue weighted by Gasteiger charge is 2.48. The van der Waals surface area contributed by atoms with Crippen molar-refractivity contribution in [2.24, 2.45) is 0 Å². The van der Waals surface area contributed by atoms with E-state index in [1.165, 1.54) is 33.4 Å². The molecule has 302 valence electrons. The fraction of sp³-hybridized carbons (Fsp3) is 0.385. The zero-order chi connectivity index (χ0) is 41.6. The van der Waals surface area contributed by atoms with Gasteiger partial charge in [-0.3, -0.25) is 0 Å². The molecule has 3 aliphatic rings. The van der Waals surface area contributed by atoms with Gasteiger partial charge in [-0.1, -0.05) is 146 Å². The first-order chi connectivity index (χ1) is 27.6. The van der Waals surface area contributed by atoms with Gasteiger partial charge in [-0.25, -0.2) is 9.59 Å². The summed E-state index contributed by atoms with van der Waals surface area (Å²) in [5.41, 5.74) is 10.6. The SMILES string of the molecule is CCC(c1ccc(OC(=O)OC(C)C)c2c1C1c3ccccc3C2c2ccccc21)C(CC)(CC)OC(=O)Oc1ccc(C(C)(C)c2ccc(C(C)(C)C)cc2)cc1. The van der Waals surface area contributed by atoms with Crippen LogP contribution in [0.15, 0.2) is 109 Å². The summed E-state index contributed by atoms with van der Waals surface area (Å²) >= 11 is 0. The van der Waals surface area contributed by atoms with Crippen molar-refractivity contribution >= 4 is 12.3 Å². The number of carbonyl (C=O) groups excluding carboxylic acids is 2. The number of ether oxygens (including phenoxy) is 4. The first-order valence-electron chi connectivity index (χ1n) is 21.0. The van der Waals surface area contributed by atoms with Crippen LogP contribution in [0, 0.1) is 0 Å². The standard InChI is InChI=1S/C52H58O6/c1-11-42(52(12-2,13-3)58-49(54)56-36-28-26-35(27-29-36)51(9,10)34-24-22-33(23-25-34)50(6,7)8)41-30-31-43(57-48(53)55-32(4)5)47-45-39-20-16-14-18-37(39)44(46(41)47)38-19-15-17-21-40(38)45/h14-32,42,44-45H,11-13H2,1-10H3. The van der Waals surface area contributed by atoms with Crippen LogP contribution in [0.1, 0.15) is 162 Å². The third kappa shape index (κ3) is 7.31. The van der Waals surface area contributed by atoms with Crippen molar-refractivity contribution in [3.8, 4) is 11.5 Å². The Labute approximate surface area is 344 Å². The van der Waals surface area contributed by atoms with E-state index in [2.05, 4.69) is 134 Å². The molecule has 0 radical (unpaired) electrons. The summed E-state index contributed by atoms with van der Waals surface area (Å²) in [4.78, 5) is 27.0. The van der Waals surface area contributed by atoms with Gasteiger partial charge in [0.2, 0.25) is 0 Å². The summed E-state index contributed by atoms with van der Waals surface area (Å²) in [6, 6.07) is 37.7. The molecule has 0 aromatic heterocycles. The van der Waals surface area contributed by atoms with Gasteiger partial charge in [0.05, 0.1) is 6.10 Å². The number of benzene rings is 5. The summed E-state index contributed by atoms with van der Waals surface area (Å²) in [6.07, 6.45) is 0.0831.